The molecule has 0 radical (unpaired) electrons. The van der Waals surface area contributed by atoms with Crippen molar-refractivity contribution in [3.8, 4) is 0 Å². The number of fused-ring (bicyclic) bond motifs is 1. The largest absolute Gasteiger partial charge is 0.419 e. The maximum absolute atomic E-state index is 12.0. The van der Waals surface area contributed by atoms with Gasteiger partial charge in [-0.2, -0.15) is 0 Å². The summed E-state index contributed by atoms with van der Waals surface area (Å²) in [5.41, 5.74) is 1.19. The van der Waals surface area contributed by atoms with Crippen LogP contribution in [0, 0.1) is 0 Å². The van der Waals surface area contributed by atoms with Crippen molar-refractivity contribution in [2.75, 3.05) is 0 Å². The summed E-state index contributed by atoms with van der Waals surface area (Å²) in [4.78, 5) is 28.3. The van der Waals surface area contributed by atoms with E-state index in [1.54, 1.807) is 12.3 Å². The summed E-state index contributed by atoms with van der Waals surface area (Å²) in [6, 6.07) is 7.41. The topological polar surface area (TPSA) is 65.5 Å². The minimum atomic E-state index is -1.24. The van der Waals surface area contributed by atoms with Crippen molar-refractivity contribution in [1.29, 1.82) is 0 Å². The third kappa shape index (κ3) is 2.74. The Hall–Kier alpha value is -2.21. The zero-order valence-electron chi connectivity index (χ0n) is 11.9. The van der Waals surface area contributed by atoms with Crippen molar-refractivity contribution >= 4 is 44.8 Å². The lowest BCUT2D eigenvalue weighted by Gasteiger charge is -2.29. The molecule has 0 N–H and O–H groups in total. The highest BCUT2D eigenvalue weighted by Crippen LogP contribution is 2.26. The molecule has 0 atom stereocenters. The molecule has 22 heavy (non-hydrogen) atoms. The van der Waals surface area contributed by atoms with Crippen LogP contribution >= 0.6 is 15.9 Å². The highest BCUT2D eigenvalue weighted by molar-refractivity contribution is 9.10. The minimum Gasteiger partial charge on any atom is -0.419 e. The van der Waals surface area contributed by atoms with Crippen molar-refractivity contribution in [2.24, 2.45) is 0 Å². The first-order valence-corrected chi connectivity index (χ1v) is 7.38. The van der Waals surface area contributed by atoms with Gasteiger partial charge in [0.1, 0.15) is 5.57 Å². The molecule has 0 amide bonds. The van der Waals surface area contributed by atoms with Crippen LogP contribution in [0.4, 0.5) is 0 Å². The Labute approximate surface area is 135 Å². The van der Waals surface area contributed by atoms with Gasteiger partial charge in [-0.1, -0.05) is 18.2 Å². The van der Waals surface area contributed by atoms with Crippen LogP contribution in [0.5, 0.6) is 0 Å². The number of para-hydroxylation sites is 1. The standard InChI is InChI=1S/C16H12BrNO4/c1-16(2)21-14(19)12(15(20)22-16)7-10-5-3-4-9-6-11(17)8-18-13(9)10/h3-8H,1-2H3. The summed E-state index contributed by atoms with van der Waals surface area (Å²) in [5, 5.41) is 0.890. The lowest BCUT2D eigenvalue weighted by Crippen LogP contribution is -2.41. The van der Waals surface area contributed by atoms with Gasteiger partial charge in [-0.15, -0.1) is 0 Å². The number of aromatic nitrogens is 1. The zero-order valence-corrected chi connectivity index (χ0v) is 13.5. The Morgan fingerprint density at radius 2 is 1.86 bits per heavy atom. The molecule has 5 nitrogen and oxygen atoms in total. The van der Waals surface area contributed by atoms with Gasteiger partial charge in [-0.25, -0.2) is 9.59 Å². The molecule has 0 bridgehead atoms. The molecule has 3 rings (SSSR count). The van der Waals surface area contributed by atoms with Crippen molar-refractivity contribution in [2.45, 2.75) is 19.6 Å². The van der Waals surface area contributed by atoms with Crippen molar-refractivity contribution < 1.29 is 19.1 Å². The van der Waals surface area contributed by atoms with E-state index in [1.807, 2.05) is 18.2 Å². The zero-order chi connectivity index (χ0) is 15.9. The number of cyclic esters (lactones) is 2. The number of benzene rings is 1. The number of pyridine rings is 1. The summed E-state index contributed by atoms with van der Waals surface area (Å²) in [6.07, 6.45) is 3.11. The van der Waals surface area contributed by atoms with Crippen LogP contribution in [-0.4, -0.2) is 22.7 Å². The van der Waals surface area contributed by atoms with E-state index in [9.17, 15) is 9.59 Å². The molecule has 112 valence electrons. The minimum absolute atomic E-state index is 0.142. The summed E-state index contributed by atoms with van der Waals surface area (Å²) < 4.78 is 11.0. The Bertz CT molecular complexity index is 804. The third-order valence-electron chi connectivity index (χ3n) is 3.13. The number of nitrogens with zero attached hydrogens (tertiary/aromatic N) is 1. The molecule has 1 aliphatic rings. The van der Waals surface area contributed by atoms with Crippen molar-refractivity contribution in [1.82, 2.24) is 4.98 Å². The SMILES string of the molecule is CC1(C)OC(=O)C(=Cc2cccc3cc(Br)cnc23)C(=O)O1. The summed E-state index contributed by atoms with van der Waals surface area (Å²) in [5.74, 6) is -2.64. The van der Waals surface area contributed by atoms with E-state index >= 15 is 0 Å². The number of esters is 2. The Kier molecular flexibility index (Phi) is 3.48. The molecule has 2 heterocycles. The van der Waals surface area contributed by atoms with Gasteiger partial charge in [0.2, 0.25) is 0 Å². The van der Waals surface area contributed by atoms with Gasteiger partial charge in [-0.05, 0) is 28.1 Å². The molecule has 1 aromatic heterocycles. The van der Waals surface area contributed by atoms with E-state index in [1.165, 1.54) is 19.9 Å². The highest BCUT2D eigenvalue weighted by Gasteiger charge is 2.38. The second-order valence-corrected chi connectivity index (χ2v) is 6.23. The lowest BCUT2D eigenvalue weighted by molar-refractivity contribution is -0.222. The first-order valence-electron chi connectivity index (χ1n) is 6.58. The lowest BCUT2D eigenvalue weighted by atomic mass is 10.1. The molecule has 1 saturated heterocycles. The summed E-state index contributed by atoms with van der Waals surface area (Å²) in [7, 11) is 0. The average molecular weight is 362 g/mol. The van der Waals surface area contributed by atoms with Gasteiger partial charge in [0.05, 0.1) is 5.52 Å². The molecule has 0 spiro atoms. The molecule has 0 aliphatic carbocycles. The maximum Gasteiger partial charge on any atom is 0.348 e. The molecule has 0 unspecified atom stereocenters. The van der Waals surface area contributed by atoms with E-state index in [0.29, 0.717) is 11.1 Å². The average Bonchev–Trinajstić information content (AvgIpc) is 2.41. The molecular formula is C16H12BrNO4. The number of carbonyl (C=O) groups is 2. The number of carbonyl (C=O) groups excluding carboxylic acids is 2. The number of halogens is 1. The van der Waals surface area contributed by atoms with E-state index in [4.69, 9.17) is 9.47 Å². The summed E-state index contributed by atoms with van der Waals surface area (Å²) >= 11 is 3.36. The van der Waals surface area contributed by atoms with E-state index in [0.717, 1.165) is 9.86 Å². The van der Waals surface area contributed by atoms with Gasteiger partial charge in [-0.3, -0.25) is 4.98 Å². The second-order valence-electron chi connectivity index (χ2n) is 5.31. The van der Waals surface area contributed by atoms with Gasteiger partial charge >= 0.3 is 11.9 Å². The summed E-state index contributed by atoms with van der Waals surface area (Å²) in [6.45, 7) is 3.02. The first kappa shape index (κ1) is 14.7. The van der Waals surface area contributed by atoms with Gasteiger partial charge < -0.3 is 9.47 Å². The third-order valence-corrected chi connectivity index (χ3v) is 3.56. The Balaban J connectivity index is 2.09. The Morgan fingerprint density at radius 1 is 1.18 bits per heavy atom. The van der Waals surface area contributed by atoms with E-state index < -0.39 is 17.7 Å². The molecule has 1 aromatic carbocycles. The smallest absolute Gasteiger partial charge is 0.348 e. The van der Waals surface area contributed by atoms with Gasteiger partial charge in [0.15, 0.2) is 0 Å². The number of rotatable bonds is 1. The van der Waals surface area contributed by atoms with Crippen LogP contribution in [0.1, 0.15) is 19.4 Å². The molecule has 6 heteroatoms. The molecule has 1 fully saturated rings. The monoisotopic (exact) mass is 361 g/mol. The number of hydrogen-bond donors (Lipinski definition) is 0. The van der Waals surface area contributed by atoms with Gasteiger partial charge in [0.25, 0.3) is 5.79 Å². The fourth-order valence-corrected chi connectivity index (χ4v) is 2.56. The Morgan fingerprint density at radius 3 is 2.55 bits per heavy atom. The maximum atomic E-state index is 12.0. The molecule has 1 aliphatic heterocycles. The normalized spacial score (nSPS) is 17.1. The van der Waals surface area contributed by atoms with Crippen LogP contribution < -0.4 is 0 Å². The molecular weight excluding hydrogens is 350 g/mol. The number of ether oxygens (including phenoxy) is 2. The van der Waals surface area contributed by atoms with E-state index in [2.05, 4.69) is 20.9 Å². The molecule has 0 saturated carbocycles. The van der Waals surface area contributed by atoms with Gasteiger partial charge in [0, 0.05) is 35.5 Å². The van der Waals surface area contributed by atoms with Crippen LogP contribution in [0.25, 0.3) is 17.0 Å². The fraction of sp³-hybridized carbons (Fsp3) is 0.188. The molecule has 2 aromatic rings. The fourth-order valence-electron chi connectivity index (χ4n) is 2.21. The predicted octanol–water partition coefficient (Wildman–Crippen LogP) is 3.22. The van der Waals surface area contributed by atoms with Crippen LogP contribution in [0.15, 0.2) is 40.5 Å². The number of hydrogen-bond acceptors (Lipinski definition) is 5. The highest BCUT2D eigenvalue weighted by atomic mass is 79.9. The van der Waals surface area contributed by atoms with Crippen LogP contribution in [-0.2, 0) is 19.1 Å². The van der Waals surface area contributed by atoms with Crippen molar-refractivity contribution in [3.63, 3.8) is 0 Å². The van der Waals surface area contributed by atoms with E-state index in [-0.39, 0.29) is 5.57 Å². The predicted molar refractivity (Wildman–Crippen MR) is 83.7 cm³/mol. The van der Waals surface area contributed by atoms with Crippen LogP contribution in [0.2, 0.25) is 0 Å². The second kappa shape index (κ2) is 5.21. The van der Waals surface area contributed by atoms with Crippen LogP contribution in [0.3, 0.4) is 0 Å². The first-order chi connectivity index (χ1) is 10.4. The van der Waals surface area contributed by atoms with Crippen molar-refractivity contribution in [3.05, 3.63) is 46.1 Å². The quantitative estimate of drug-likeness (QED) is 0.443.